The molecule has 2 aromatic heterocycles. The maximum absolute atomic E-state index is 13.3. The number of halogens is 2. The number of benzene rings is 1. The number of nitriles is 1. The molecule has 3 rings (SSSR count). The van der Waals surface area contributed by atoms with Crippen molar-refractivity contribution in [2.75, 3.05) is 0 Å². The summed E-state index contributed by atoms with van der Waals surface area (Å²) in [6, 6.07) is 7.81. The summed E-state index contributed by atoms with van der Waals surface area (Å²) in [7, 11) is 0. The van der Waals surface area contributed by atoms with Gasteiger partial charge in [0.2, 0.25) is 5.82 Å². The predicted octanol–water partition coefficient (Wildman–Crippen LogP) is 3.50. The second kappa shape index (κ2) is 4.90. The Morgan fingerprint density at radius 3 is 2.95 bits per heavy atom. The van der Waals surface area contributed by atoms with Gasteiger partial charge in [0.1, 0.15) is 17.6 Å². The topological polar surface area (TPSA) is 78.5 Å². The third-order valence-electron chi connectivity index (χ3n) is 2.64. The van der Waals surface area contributed by atoms with E-state index in [1.807, 2.05) is 6.07 Å². The van der Waals surface area contributed by atoms with Crippen molar-refractivity contribution in [3.63, 3.8) is 0 Å². The number of nitrogens with one attached hydrogen (secondary N) is 1. The number of H-pyrrole nitrogens is 1. The van der Waals surface area contributed by atoms with E-state index < -0.39 is 0 Å². The summed E-state index contributed by atoms with van der Waals surface area (Å²) in [5.41, 5.74) is 1.49. The Kier molecular flexibility index (Phi) is 3.08. The number of hydrogen-bond acceptors (Lipinski definition) is 4. The van der Waals surface area contributed by atoms with Gasteiger partial charge in [-0.05, 0) is 24.3 Å². The molecule has 0 amide bonds. The molecule has 0 saturated carbocycles. The van der Waals surface area contributed by atoms with Crippen molar-refractivity contribution >= 4 is 15.9 Å². The first-order valence-corrected chi connectivity index (χ1v) is 6.34. The van der Waals surface area contributed by atoms with Crippen LogP contribution in [0.5, 0.6) is 0 Å². The highest BCUT2D eigenvalue weighted by molar-refractivity contribution is 9.10. The highest BCUT2D eigenvalue weighted by atomic mass is 79.9. The molecular formula is C13H6BrFN4O. The normalized spacial score (nSPS) is 10.4. The molecule has 5 nitrogen and oxygen atoms in total. The molecule has 1 N–H and O–H groups in total. The van der Waals surface area contributed by atoms with Crippen molar-refractivity contribution in [1.29, 1.82) is 5.26 Å². The van der Waals surface area contributed by atoms with Gasteiger partial charge in [-0.3, -0.25) is 0 Å². The van der Waals surface area contributed by atoms with Gasteiger partial charge in [-0.15, -0.1) is 0 Å². The SMILES string of the molecule is N#Cc1c[nH]c(-c2nc(-c3cc(F)ccc3Br)no2)c1. The summed E-state index contributed by atoms with van der Waals surface area (Å²) in [6.45, 7) is 0. The van der Waals surface area contributed by atoms with E-state index in [4.69, 9.17) is 9.78 Å². The molecule has 1 aromatic carbocycles. The van der Waals surface area contributed by atoms with E-state index in [2.05, 4.69) is 31.1 Å². The first kappa shape index (κ1) is 12.6. The fourth-order valence-corrected chi connectivity index (χ4v) is 2.12. The van der Waals surface area contributed by atoms with E-state index in [-0.39, 0.29) is 17.5 Å². The van der Waals surface area contributed by atoms with E-state index in [9.17, 15) is 4.39 Å². The lowest BCUT2D eigenvalue weighted by atomic mass is 10.2. The molecular weight excluding hydrogens is 327 g/mol. The molecule has 0 saturated heterocycles. The van der Waals surface area contributed by atoms with Gasteiger partial charge in [-0.2, -0.15) is 10.2 Å². The molecule has 3 aromatic rings. The minimum Gasteiger partial charge on any atom is -0.356 e. The van der Waals surface area contributed by atoms with E-state index in [1.54, 1.807) is 12.1 Å². The smallest absolute Gasteiger partial charge is 0.274 e. The number of hydrogen-bond donors (Lipinski definition) is 1. The molecule has 0 radical (unpaired) electrons. The Balaban J connectivity index is 2.02. The first-order valence-electron chi connectivity index (χ1n) is 5.55. The number of rotatable bonds is 2. The van der Waals surface area contributed by atoms with E-state index >= 15 is 0 Å². The summed E-state index contributed by atoms with van der Waals surface area (Å²) in [5.74, 6) is 0.110. The zero-order valence-electron chi connectivity index (χ0n) is 9.89. The van der Waals surface area contributed by atoms with Crippen molar-refractivity contribution in [3.8, 4) is 29.0 Å². The van der Waals surface area contributed by atoms with E-state index in [0.717, 1.165) is 0 Å². The van der Waals surface area contributed by atoms with Gasteiger partial charge < -0.3 is 9.51 Å². The Hall–Kier alpha value is -2.46. The fourth-order valence-electron chi connectivity index (χ4n) is 1.69. The minimum atomic E-state index is -0.388. The zero-order chi connectivity index (χ0) is 14.1. The molecule has 0 atom stereocenters. The average molecular weight is 333 g/mol. The molecule has 0 fully saturated rings. The monoisotopic (exact) mass is 332 g/mol. The van der Waals surface area contributed by atoms with Gasteiger partial charge in [-0.25, -0.2) is 4.39 Å². The summed E-state index contributed by atoms with van der Waals surface area (Å²) < 4.78 is 19.0. The third kappa shape index (κ3) is 2.21. The van der Waals surface area contributed by atoms with E-state index in [0.29, 0.717) is 21.3 Å². The zero-order valence-corrected chi connectivity index (χ0v) is 11.5. The van der Waals surface area contributed by atoms with Crippen LogP contribution in [-0.4, -0.2) is 15.1 Å². The average Bonchev–Trinajstić information content (AvgIpc) is 3.09. The van der Waals surface area contributed by atoms with Crippen LogP contribution in [0, 0.1) is 17.1 Å². The van der Waals surface area contributed by atoms with Gasteiger partial charge in [0.15, 0.2) is 0 Å². The van der Waals surface area contributed by atoms with Crippen molar-refractivity contribution in [3.05, 3.63) is 46.3 Å². The van der Waals surface area contributed by atoms with Crippen molar-refractivity contribution < 1.29 is 8.91 Å². The van der Waals surface area contributed by atoms with Gasteiger partial charge >= 0.3 is 0 Å². The van der Waals surface area contributed by atoms with Gasteiger partial charge in [0, 0.05) is 16.2 Å². The van der Waals surface area contributed by atoms with Crippen molar-refractivity contribution in [2.45, 2.75) is 0 Å². The quantitative estimate of drug-likeness (QED) is 0.778. The number of aromatic amines is 1. The lowest BCUT2D eigenvalue weighted by molar-refractivity contribution is 0.431. The van der Waals surface area contributed by atoms with Crippen LogP contribution in [0.25, 0.3) is 23.0 Å². The van der Waals surface area contributed by atoms with Crippen LogP contribution >= 0.6 is 15.9 Å². The maximum Gasteiger partial charge on any atom is 0.274 e. The van der Waals surface area contributed by atoms with Gasteiger partial charge in [-0.1, -0.05) is 21.1 Å². The Labute approximate surface area is 121 Å². The lowest BCUT2D eigenvalue weighted by Crippen LogP contribution is -1.85. The van der Waals surface area contributed by atoms with Crippen molar-refractivity contribution in [1.82, 2.24) is 15.1 Å². The van der Waals surface area contributed by atoms with Crippen molar-refractivity contribution in [2.24, 2.45) is 0 Å². The number of aromatic nitrogens is 3. The first-order chi connectivity index (χ1) is 9.67. The Morgan fingerprint density at radius 1 is 1.35 bits per heavy atom. The van der Waals surface area contributed by atoms with Crippen LogP contribution in [0.2, 0.25) is 0 Å². The molecule has 7 heteroatoms. The summed E-state index contributed by atoms with van der Waals surface area (Å²) in [6.07, 6.45) is 1.54. The second-order valence-corrected chi connectivity index (χ2v) is 4.82. The highest BCUT2D eigenvalue weighted by Gasteiger charge is 2.15. The van der Waals surface area contributed by atoms with Gasteiger partial charge in [0.05, 0.1) is 5.56 Å². The second-order valence-electron chi connectivity index (χ2n) is 3.96. The van der Waals surface area contributed by atoms with Crippen LogP contribution < -0.4 is 0 Å². The highest BCUT2D eigenvalue weighted by Crippen LogP contribution is 2.28. The molecule has 2 heterocycles. The predicted molar refractivity (Wildman–Crippen MR) is 71.9 cm³/mol. The van der Waals surface area contributed by atoms with Crippen LogP contribution in [0.3, 0.4) is 0 Å². The van der Waals surface area contributed by atoms with Crippen LogP contribution in [0.15, 0.2) is 39.5 Å². The largest absolute Gasteiger partial charge is 0.356 e. The summed E-state index contributed by atoms with van der Waals surface area (Å²) >= 11 is 3.31. The lowest BCUT2D eigenvalue weighted by Gasteiger charge is -1.98. The molecule has 20 heavy (non-hydrogen) atoms. The molecule has 0 aliphatic rings. The Bertz CT molecular complexity index is 818. The number of nitrogens with zero attached hydrogens (tertiary/aromatic N) is 3. The maximum atomic E-state index is 13.3. The van der Waals surface area contributed by atoms with Gasteiger partial charge in [0.25, 0.3) is 5.89 Å². The summed E-state index contributed by atoms with van der Waals surface area (Å²) in [5, 5.41) is 12.6. The molecule has 98 valence electrons. The molecule has 0 unspecified atom stereocenters. The molecule has 0 aliphatic heterocycles. The molecule has 0 spiro atoms. The molecule has 0 bridgehead atoms. The minimum absolute atomic E-state index is 0.234. The third-order valence-corrected chi connectivity index (χ3v) is 3.33. The van der Waals surface area contributed by atoms with Crippen LogP contribution in [-0.2, 0) is 0 Å². The van der Waals surface area contributed by atoms with E-state index in [1.165, 1.54) is 18.3 Å². The fraction of sp³-hybridized carbons (Fsp3) is 0. The van der Waals surface area contributed by atoms with Crippen LogP contribution in [0.4, 0.5) is 4.39 Å². The summed E-state index contributed by atoms with van der Waals surface area (Å²) in [4.78, 5) is 7.04. The van der Waals surface area contributed by atoms with Crippen LogP contribution in [0.1, 0.15) is 5.56 Å². The standard InChI is InChI=1S/C13H6BrFN4O/c14-10-2-1-8(15)4-9(10)12-18-13(20-19-12)11-3-7(5-16)6-17-11/h1-4,6,17H. The molecule has 0 aliphatic carbocycles. The Morgan fingerprint density at radius 2 is 2.20 bits per heavy atom.